The van der Waals surface area contributed by atoms with Crippen LogP contribution in [0.15, 0.2) is 103 Å². The zero-order valence-electron chi connectivity index (χ0n) is 23.5. The first-order valence-corrected chi connectivity index (χ1v) is 14.1. The third-order valence-corrected chi connectivity index (χ3v) is 8.82. The van der Waals surface area contributed by atoms with E-state index in [1.807, 2.05) is 35.3 Å². The van der Waals surface area contributed by atoms with Crippen molar-refractivity contribution in [3.05, 3.63) is 131 Å². The molecule has 3 atom stereocenters. The summed E-state index contributed by atoms with van der Waals surface area (Å²) < 4.78 is 11.2. The van der Waals surface area contributed by atoms with E-state index >= 15 is 0 Å². The largest absolute Gasteiger partial charge is 0.497 e. The number of hydrogen-bond donors (Lipinski definition) is 0. The molecule has 4 aromatic carbocycles. The lowest BCUT2D eigenvalue weighted by atomic mass is 9.64. The highest BCUT2D eigenvalue weighted by molar-refractivity contribution is 6.32. The number of rotatable bonds is 5. The molecule has 0 N–H and O–H groups in total. The van der Waals surface area contributed by atoms with Gasteiger partial charge in [0, 0.05) is 35.1 Å². The second-order valence-electron chi connectivity index (χ2n) is 11.0. The summed E-state index contributed by atoms with van der Waals surface area (Å²) in [7, 11) is 1.55. The van der Waals surface area contributed by atoms with Crippen molar-refractivity contribution in [1.82, 2.24) is 0 Å². The zero-order chi connectivity index (χ0) is 29.9. The number of anilines is 1. The van der Waals surface area contributed by atoms with Gasteiger partial charge in [-0.25, -0.2) is 0 Å². The maximum Gasteiger partial charge on any atom is 0.308 e. The molecule has 2 heterocycles. The molecule has 212 valence electrons. The highest BCUT2D eigenvalue weighted by Gasteiger charge is 2.71. The van der Waals surface area contributed by atoms with Gasteiger partial charge in [0.25, 0.3) is 0 Å². The van der Waals surface area contributed by atoms with Gasteiger partial charge in [0.1, 0.15) is 17.2 Å². The van der Waals surface area contributed by atoms with Crippen molar-refractivity contribution in [3.8, 4) is 11.5 Å². The second-order valence-corrected chi connectivity index (χ2v) is 11.0. The summed E-state index contributed by atoms with van der Waals surface area (Å²) in [5.74, 6) is -1.57. The van der Waals surface area contributed by atoms with Crippen molar-refractivity contribution in [3.63, 3.8) is 0 Å². The minimum absolute atomic E-state index is 0.252. The summed E-state index contributed by atoms with van der Waals surface area (Å²) >= 11 is 0. The van der Waals surface area contributed by atoms with Crippen LogP contribution in [0.25, 0.3) is 6.08 Å². The summed E-state index contributed by atoms with van der Waals surface area (Å²) in [6.45, 7) is 1.31. The molecule has 1 spiro atoms. The molecule has 1 fully saturated rings. The predicted molar refractivity (Wildman–Crippen MR) is 161 cm³/mol. The van der Waals surface area contributed by atoms with E-state index in [0.29, 0.717) is 39.3 Å². The predicted octanol–water partition coefficient (Wildman–Crippen LogP) is 5.94. The molecule has 1 saturated heterocycles. The van der Waals surface area contributed by atoms with Gasteiger partial charge in [-0.15, -0.1) is 0 Å². The first kappa shape index (κ1) is 26.6. The Morgan fingerprint density at radius 3 is 2.16 bits per heavy atom. The van der Waals surface area contributed by atoms with Crippen LogP contribution in [0.2, 0.25) is 0 Å². The number of benzene rings is 4. The van der Waals surface area contributed by atoms with E-state index in [1.165, 1.54) is 6.92 Å². The maximum absolute atomic E-state index is 14.8. The molecule has 4 aromatic rings. The van der Waals surface area contributed by atoms with Crippen molar-refractivity contribution in [2.75, 3.05) is 12.0 Å². The number of para-hydroxylation sites is 1. The maximum atomic E-state index is 14.8. The smallest absolute Gasteiger partial charge is 0.308 e. The van der Waals surface area contributed by atoms with Gasteiger partial charge in [-0.05, 0) is 23.8 Å². The average Bonchev–Trinajstić information content (AvgIpc) is 3.47. The van der Waals surface area contributed by atoms with E-state index in [-0.39, 0.29) is 23.1 Å². The van der Waals surface area contributed by atoms with Crippen LogP contribution in [0.4, 0.5) is 5.69 Å². The molecule has 1 aliphatic carbocycles. The van der Waals surface area contributed by atoms with E-state index in [0.717, 1.165) is 0 Å². The number of carbonyl (C=O) groups excluding carboxylic acids is 4. The normalized spacial score (nSPS) is 20.9. The van der Waals surface area contributed by atoms with Gasteiger partial charge in [0.15, 0.2) is 23.1 Å². The van der Waals surface area contributed by atoms with E-state index in [4.69, 9.17) is 9.47 Å². The Bertz CT molecular complexity index is 1820. The number of carbonyl (C=O) groups is 4. The molecule has 7 rings (SSSR count). The molecule has 3 aliphatic rings. The molecule has 0 amide bonds. The molecular weight excluding hydrogens is 542 g/mol. The molecule has 0 saturated carbocycles. The van der Waals surface area contributed by atoms with Crippen molar-refractivity contribution < 1.29 is 28.7 Å². The molecule has 7 nitrogen and oxygen atoms in total. The number of Topliss-reactive ketones (excluding diaryl/α,β-unsaturated/α-hetero) is 3. The van der Waals surface area contributed by atoms with E-state index in [2.05, 4.69) is 0 Å². The molecule has 0 unspecified atom stereocenters. The first-order chi connectivity index (χ1) is 20.9. The Morgan fingerprint density at radius 1 is 0.814 bits per heavy atom. The fourth-order valence-corrected chi connectivity index (χ4v) is 7.20. The molecule has 0 radical (unpaired) electrons. The molecule has 0 aromatic heterocycles. The lowest BCUT2D eigenvalue weighted by Crippen LogP contribution is -2.48. The zero-order valence-corrected chi connectivity index (χ0v) is 23.5. The standard InChI is InChI=1S/C36H27NO6/c1-21(38)43-28-17-9-12-22-18-19-29-36(34(40)26-15-6-7-16-27(26)35(36)41)30(24-13-8-14-25(20-24)42-2)32(37(29)31(22)28)33(39)23-10-4-3-5-11-23/h3-20,29-30,32H,1-2H3/t29-,30+,32+/m0/s1. The Kier molecular flexibility index (Phi) is 6.13. The van der Waals surface area contributed by atoms with Crippen LogP contribution < -0.4 is 14.4 Å². The summed E-state index contributed by atoms with van der Waals surface area (Å²) in [5.41, 5.74) is 1.24. The fraction of sp³-hybridized carbons (Fsp3) is 0.167. The summed E-state index contributed by atoms with van der Waals surface area (Å²) in [5, 5.41) is 0. The topological polar surface area (TPSA) is 90.0 Å². The molecule has 43 heavy (non-hydrogen) atoms. The number of nitrogens with zero attached hydrogens (tertiary/aromatic N) is 1. The van der Waals surface area contributed by atoms with E-state index in [9.17, 15) is 19.2 Å². The van der Waals surface area contributed by atoms with Gasteiger partial charge in [-0.3, -0.25) is 19.2 Å². The highest BCUT2D eigenvalue weighted by Crippen LogP contribution is 2.62. The Labute approximate surface area is 248 Å². The lowest BCUT2D eigenvalue weighted by Gasteiger charge is -2.37. The van der Waals surface area contributed by atoms with Crippen LogP contribution in [-0.2, 0) is 4.79 Å². The number of ether oxygens (including phenoxy) is 2. The van der Waals surface area contributed by atoms with Crippen molar-refractivity contribution in [2.45, 2.75) is 24.9 Å². The third kappa shape index (κ3) is 3.74. The molecular formula is C36H27NO6. The van der Waals surface area contributed by atoms with E-state index in [1.54, 1.807) is 86.0 Å². The average molecular weight is 570 g/mol. The van der Waals surface area contributed by atoms with Crippen LogP contribution in [0.1, 0.15) is 55.0 Å². The van der Waals surface area contributed by atoms with Gasteiger partial charge in [-0.2, -0.15) is 0 Å². The van der Waals surface area contributed by atoms with Crippen LogP contribution in [0.5, 0.6) is 11.5 Å². The van der Waals surface area contributed by atoms with Crippen LogP contribution in [-0.4, -0.2) is 42.5 Å². The van der Waals surface area contributed by atoms with Crippen molar-refractivity contribution in [2.24, 2.45) is 5.41 Å². The quantitative estimate of drug-likeness (QED) is 0.127. The van der Waals surface area contributed by atoms with Crippen LogP contribution >= 0.6 is 0 Å². The van der Waals surface area contributed by atoms with Crippen LogP contribution in [0.3, 0.4) is 0 Å². The minimum Gasteiger partial charge on any atom is -0.497 e. The molecule has 2 aliphatic heterocycles. The monoisotopic (exact) mass is 569 g/mol. The lowest BCUT2D eigenvalue weighted by molar-refractivity contribution is -0.131. The SMILES string of the molecule is COc1cccc([C@@H]2[C@H](C(=O)c3ccccc3)N3c4c(cccc4OC(C)=O)C=C[C@H]3C23C(=O)c2ccccc2C3=O)c1. The Balaban J connectivity index is 1.57. The summed E-state index contributed by atoms with van der Waals surface area (Å²) in [6.07, 6.45) is 3.68. The van der Waals surface area contributed by atoms with Crippen LogP contribution in [0, 0.1) is 5.41 Å². The number of methoxy groups -OCH3 is 1. The Morgan fingerprint density at radius 2 is 1.49 bits per heavy atom. The third-order valence-electron chi connectivity index (χ3n) is 8.82. The number of esters is 1. The van der Waals surface area contributed by atoms with Gasteiger partial charge >= 0.3 is 5.97 Å². The van der Waals surface area contributed by atoms with Gasteiger partial charge in [0.2, 0.25) is 0 Å². The number of hydrogen-bond acceptors (Lipinski definition) is 7. The van der Waals surface area contributed by atoms with Gasteiger partial charge in [-0.1, -0.05) is 91.0 Å². The first-order valence-electron chi connectivity index (χ1n) is 14.1. The minimum atomic E-state index is -1.68. The highest BCUT2D eigenvalue weighted by atomic mass is 16.5. The number of fused-ring (bicyclic) bond motifs is 5. The summed E-state index contributed by atoms with van der Waals surface area (Å²) in [4.78, 5) is 58.5. The fourth-order valence-electron chi connectivity index (χ4n) is 7.20. The van der Waals surface area contributed by atoms with Crippen molar-refractivity contribution in [1.29, 1.82) is 0 Å². The van der Waals surface area contributed by atoms with E-state index < -0.39 is 29.4 Å². The van der Waals surface area contributed by atoms with Gasteiger partial charge < -0.3 is 14.4 Å². The molecule has 7 heteroatoms. The second kappa shape index (κ2) is 9.91. The van der Waals surface area contributed by atoms with Gasteiger partial charge in [0.05, 0.1) is 18.8 Å². The number of ketones is 3. The molecule has 0 bridgehead atoms. The Hall–Kier alpha value is -5.30. The summed E-state index contributed by atoms with van der Waals surface area (Å²) in [6, 6.07) is 26.3. The van der Waals surface area contributed by atoms with Crippen molar-refractivity contribution >= 4 is 35.1 Å².